The standard InChI is InChI=1S/C10H19NO3S/c12-9(8-15)5-3-1-2-4-6-11-7-10(13)14/h11,15H,1-8H2,(H,13,14). The van der Waals surface area contributed by atoms with E-state index in [1.54, 1.807) is 0 Å². The number of thiol groups is 1. The average molecular weight is 233 g/mol. The Balaban J connectivity index is 3.05. The third kappa shape index (κ3) is 11.4. The van der Waals surface area contributed by atoms with Gasteiger partial charge in [0.2, 0.25) is 0 Å². The third-order valence-electron chi connectivity index (χ3n) is 2.01. The molecule has 88 valence electrons. The van der Waals surface area contributed by atoms with Gasteiger partial charge >= 0.3 is 5.97 Å². The normalized spacial score (nSPS) is 10.2. The summed E-state index contributed by atoms with van der Waals surface area (Å²) in [6.45, 7) is 0.755. The van der Waals surface area contributed by atoms with Crippen LogP contribution >= 0.6 is 12.6 Å². The van der Waals surface area contributed by atoms with E-state index in [0.29, 0.717) is 12.2 Å². The number of aliphatic carboxylic acids is 1. The van der Waals surface area contributed by atoms with Gasteiger partial charge in [0, 0.05) is 12.2 Å². The molecule has 0 spiro atoms. The minimum atomic E-state index is -0.825. The lowest BCUT2D eigenvalue weighted by atomic mass is 10.1. The van der Waals surface area contributed by atoms with Crippen LogP contribution < -0.4 is 5.32 Å². The van der Waals surface area contributed by atoms with Gasteiger partial charge in [0.05, 0.1) is 6.54 Å². The molecular formula is C10H19NO3S. The minimum Gasteiger partial charge on any atom is -0.480 e. The van der Waals surface area contributed by atoms with Gasteiger partial charge in [-0.15, -0.1) is 0 Å². The highest BCUT2D eigenvalue weighted by atomic mass is 32.1. The van der Waals surface area contributed by atoms with Gasteiger partial charge in [-0.1, -0.05) is 12.8 Å². The van der Waals surface area contributed by atoms with Gasteiger partial charge in [0.1, 0.15) is 5.78 Å². The highest BCUT2D eigenvalue weighted by Crippen LogP contribution is 2.03. The van der Waals surface area contributed by atoms with Crippen molar-refractivity contribution in [3.8, 4) is 0 Å². The lowest BCUT2D eigenvalue weighted by molar-refractivity contribution is -0.136. The third-order valence-corrected chi connectivity index (χ3v) is 2.36. The van der Waals surface area contributed by atoms with E-state index < -0.39 is 5.97 Å². The van der Waals surface area contributed by atoms with E-state index in [9.17, 15) is 9.59 Å². The summed E-state index contributed by atoms with van der Waals surface area (Å²) >= 11 is 3.89. The molecular weight excluding hydrogens is 214 g/mol. The van der Waals surface area contributed by atoms with E-state index in [0.717, 1.165) is 32.2 Å². The van der Waals surface area contributed by atoms with Crippen LogP contribution in [-0.2, 0) is 9.59 Å². The van der Waals surface area contributed by atoms with E-state index in [1.165, 1.54) is 0 Å². The number of hydrogen-bond donors (Lipinski definition) is 3. The summed E-state index contributed by atoms with van der Waals surface area (Å²) in [6.07, 6.45) is 4.55. The first kappa shape index (κ1) is 14.5. The summed E-state index contributed by atoms with van der Waals surface area (Å²) < 4.78 is 0. The molecule has 5 heteroatoms. The quantitative estimate of drug-likeness (QED) is 0.390. The predicted molar refractivity (Wildman–Crippen MR) is 62.5 cm³/mol. The zero-order valence-corrected chi connectivity index (χ0v) is 9.76. The highest BCUT2D eigenvalue weighted by molar-refractivity contribution is 7.81. The van der Waals surface area contributed by atoms with E-state index in [2.05, 4.69) is 17.9 Å². The van der Waals surface area contributed by atoms with Crippen molar-refractivity contribution < 1.29 is 14.7 Å². The van der Waals surface area contributed by atoms with Gasteiger partial charge in [-0.05, 0) is 19.4 Å². The average Bonchev–Trinajstić information content (AvgIpc) is 2.21. The van der Waals surface area contributed by atoms with Crippen molar-refractivity contribution in [2.75, 3.05) is 18.8 Å². The van der Waals surface area contributed by atoms with Crippen molar-refractivity contribution in [2.24, 2.45) is 0 Å². The van der Waals surface area contributed by atoms with Crippen LogP contribution in [0.2, 0.25) is 0 Å². The smallest absolute Gasteiger partial charge is 0.317 e. The summed E-state index contributed by atoms with van der Waals surface area (Å²) in [4.78, 5) is 21.0. The number of carbonyl (C=O) groups is 2. The van der Waals surface area contributed by atoms with Gasteiger partial charge in [-0.25, -0.2) is 0 Å². The van der Waals surface area contributed by atoms with Crippen LogP contribution in [0.1, 0.15) is 32.1 Å². The van der Waals surface area contributed by atoms with Gasteiger partial charge in [-0.3, -0.25) is 9.59 Å². The van der Waals surface area contributed by atoms with Gasteiger partial charge in [0.15, 0.2) is 0 Å². The first-order valence-electron chi connectivity index (χ1n) is 5.22. The molecule has 0 amide bonds. The van der Waals surface area contributed by atoms with E-state index in [4.69, 9.17) is 5.11 Å². The Morgan fingerprint density at radius 2 is 1.80 bits per heavy atom. The lowest BCUT2D eigenvalue weighted by Gasteiger charge is -2.01. The molecule has 0 rings (SSSR count). The maximum Gasteiger partial charge on any atom is 0.317 e. The molecule has 0 saturated heterocycles. The Morgan fingerprint density at radius 1 is 1.13 bits per heavy atom. The molecule has 0 aliphatic rings. The molecule has 0 unspecified atom stereocenters. The fourth-order valence-corrected chi connectivity index (χ4v) is 1.36. The Hall–Kier alpha value is -0.550. The summed E-state index contributed by atoms with van der Waals surface area (Å²) in [6, 6.07) is 0. The molecule has 0 aliphatic carbocycles. The van der Waals surface area contributed by atoms with Crippen LogP contribution in [0.4, 0.5) is 0 Å². The molecule has 0 fully saturated rings. The Kier molecular flexibility index (Phi) is 9.62. The molecule has 0 heterocycles. The molecule has 15 heavy (non-hydrogen) atoms. The molecule has 0 aromatic heterocycles. The Morgan fingerprint density at radius 3 is 2.40 bits per heavy atom. The van der Waals surface area contributed by atoms with E-state index in [-0.39, 0.29) is 12.3 Å². The minimum absolute atomic E-state index is 0.0259. The summed E-state index contributed by atoms with van der Waals surface area (Å²) in [7, 11) is 0. The first-order chi connectivity index (χ1) is 7.16. The summed E-state index contributed by atoms with van der Waals surface area (Å²) in [5.41, 5.74) is 0. The number of nitrogens with one attached hydrogen (secondary N) is 1. The SMILES string of the molecule is O=C(O)CNCCCCCCC(=O)CS. The molecule has 0 aromatic rings. The monoisotopic (exact) mass is 233 g/mol. The van der Waals surface area contributed by atoms with Gasteiger partial charge in [-0.2, -0.15) is 12.6 Å². The number of hydrogen-bond acceptors (Lipinski definition) is 4. The number of ketones is 1. The van der Waals surface area contributed by atoms with Crippen molar-refractivity contribution in [2.45, 2.75) is 32.1 Å². The fraction of sp³-hybridized carbons (Fsp3) is 0.800. The molecule has 4 nitrogen and oxygen atoms in total. The second-order valence-corrected chi connectivity index (χ2v) is 3.75. The largest absolute Gasteiger partial charge is 0.480 e. The van der Waals surface area contributed by atoms with Crippen LogP contribution in [0.3, 0.4) is 0 Å². The van der Waals surface area contributed by atoms with Crippen LogP contribution in [0.25, 0.3) is 0 Å². The topological polar surface area (TPSA) is 66.4 Å². The van der Waals surface area contributed by atoms with Gasteiger partial charge in [0.25, 0.3) is 0 Å². The van der Waals surface area contributed by atoms with Crippen molar-refractivity contribution >= 4 is 24.4 Å². The van der Waals surface area contributed by atoms with Crippen molar-refractivity contribution in [3.05, 3.63) is 0 Å². The van der Waals surface area contributed by atoms with Gasteiger partial charge < -0.3 is 10.4 Å². The molecule has 0 aliphatic heterocycles. The number of carbonyl (C=O) groups excluding carboxylic acids is 1. The van der Waals surface area contributed by atoms with E-state index in [1.807, 2.05) is 0 Å². The molecule has 0 bridgehead atoms. The first-order valence-corrected chi connectivity index (χ1v) is 5.85. The zero-order valence-electron chi connectivity index (χ0n) is 8.87. The molecule has 0 radical (unpaired) electrons. The molecule has 0 aromatic carbocycles. The predicted octanol–water partition coefficient (Wildman–Crippen LogP) is 1.11. The highest BCUT2D eigenvalue weighted by Gasteiger charge is 1.98. The van der Waals surface area contributed by atoms with Crippen molar-refractivity contribution in [3.63, 3.8) is 0 Å². The number of Topliss-reactive ketones (excluding diaryl/α,β-unsaturated/α-hetero) is 1. The second kappa shape index (κ2) is 9.98. The number of rotatable bonds is 10. The molecule has 0 atom stereocenters. The van der Waals surface area contributed by atoms with Crippen LogP contribution in [0, 0.1) is 0 Å². The number of unbranched alkanes of at least 4 members (excludes halogenated alkanes) is 3. The maximum atomic E-state index is 10.9. The number of carboxylic acid groups (broad SMARTS) is 1. The van der Waals surface area contributed by atoms with Crippen LogP contribution in [-0.4, -0.2) is 35.7 Å². The van der Waals surface area contributed by atoms with Crippen molar-refractivity contribution in [1.82, 2.24) is 5.32 Å². The summed E-state index contributed by atoms with van der Waals surface area (Å²) in [5, 5.41) is 11.2. The zero-order chi connectivity index (χ0) is 11.5. The van der Waals surface area contributed by atoms with Crippen LogP contribution in [0.5, 0.6) is 0 Å². The number of carboxylic acids is 1. The van der Waals surface area contributed by atoms with E-state index >= 15 is 0 Å². The lowest BCUT2D eigenvalue weighted by Crippen LogP contribution is -2.23. The maximum absolute atomic E-state index is 10.9. The van der Waals surface area contributed by atoms with Crippen molar-refractivity contribution in [1.29, 1.82) is 0 Å². The Bertz CT molecular complexity index is 197. The molecule has 0 saturated carbocycles. The van der Waals surface area contributed by atoms with Crippen LogP contribution in [0.15, 0.2) is 0 Å². The Labute approximate surface area is 95.8 Å². The summed E-state index contributed by atoms with van der Waals surface area (Å²) in [5.74, 6) is -0.295. The second-order valence-electron chi connectivity index (χ2n) is 3.43. The fourth-order valence-electron chi connectivity index (χ4n) is 1.20. The molecule has 2 N–H and O–H groups in total.